The Balaban J connectivity index is 1.15. The first-order valence-electron chi connectivity index (χ1n) is 16.6. The Morgan fingerprint density at radius 2 is 1.39 bits per heavy atom. The van der Waals surface area contributed by atoms with Crippen LogP contribution in [-0.2, 0) is 28.3 Å². The fourth-order valence-corrected chi connectivity index (χ4v) is 7.70. The first-order chi connectivity index (χ1) is 23.2. The summed E-state index contributed by atoms with van der Waals surface area (Å²) in [6.07, 6.45) is -7.81. The monoisotopic (exact) mass is 702 g/mol. The summed E-state index contributed by atoms with van der Waals surface area (Å²) in [5, 5.41) is 0. The topological polar surface area (TPSA) is 56.3 Å². The van der Waals surface area contributed by atoms with E-state index in [1.807, 2.05) is 4.90 Å². The second-order valence-electron chi connectivity index (χ2n) is 13.4. The minimum atomic E-state index is -5.12. The van der Waals surface area contributed by atoms with Crippen molar-refractivity contribution in [2.45, 2.75) is 62.6 Å². The molecule has 0 saturated carbocycles. The van der Waals surface area contributed by atoms with E-state index in [4.69, 9.17) is 4.74 Å². The molecule has 2 aromatic carbocycles. The molecule has 0 aliphatic carbocycles. The van der Waals surface area contributed by atoms with Crippen LogP contribution in [0.1, 0.15) is 52.7 Å². The fraction of sp³-hybridized carbons (Fsp3) is 0.588. The van der Waals surface area contributed by atoms with E-state index in [2.05, 4.69) is 9.80 Å². The number of hydrogen-bond donors (Lipinski definition) is 0. The number of nitrogens with zero attached hydrogens (tertiary/aromatic N) is 4. The zero-order chi connectivity index (χ0) is 35.1. The van der Waals surface area contributed by atoms with Crippen LogP contribution in [0.3, 0.4) is 0 Å². The van der Waals surface area contributed by atoms with Gasteiger partial charge < -0.3 is 14.5 Å². The Kier molecular flexibility index (Phi) is 10.3. The average molecular weight is 703 g/mol. The highest BCUT2D eigenvalue weighted by molar-refractivity contribution is 5.95. The lowest BCUT2D eigenvalue weighted by atomic mass is 9.90. The average Bonchev–Trinajstić information content (AvgIpc) is 3.79. The Hall–Kier alpha value is -3.30. The van der Waals surface area contributed by atoms with Crippen LogP contribution in [0.5, 0.6) is 0 Å². The molecule has 0 aromatic heterocycles. The van der Waals surface area contributed by atoms with Gasteiger partial charge in [-0.25, -0.2) is 8.78 Å². The molecular weight excluding hydrogens is 664 g/mol. The van der Waals surface area contributed by atoms with E-state index >= 15 is 0 Å². The second-order valence-corrected chi connectivity index (χ2v) is 13.4. The number of rotatable bonds is 6. The van der Waals surface area contributed by atoms with Crippen molar-refractivity contribution in [2.75, 3.05) is 59.0 Å². The molecule has 4 heterocycles. The van der Waals surface area contributed by atoms with Gasteiger partial charge in [-0.15, -0.1) is 0 Å². The minimum absolute atomic E-state index is 0.0208. The summed E-state index contributed by atoms with van der Waals surface area (Å²) in [5.41, 5.74) is -3.57. The number of piperazine rings is 1. The number of carbonyl (C=O) groups excluding carboxylic acids is 2. The zero-order valence-electron chi connectivity index (χ0n) is 26.7. The maximum Gasteiger partial charge on any atom is 0.416 e. The highest BCUT2D eigenvalue weighted by atomic mass is 19.4. The van der Waals surface area contributed by atoms with Gasteiger partial charge >= 0.3 is 12.4 Å². The summed E-state index contributed by atoms with van der Waals surface area (Å²) in [5.74, 6) is -3.09. The van der Waals surface area contributed by atoms with Gasteiger partial charge in [-0.05, 0) is 68.0 Å². The lowest BCUT2D eigenvalue weighted by Crippen LogP contribution is -2.58. The van der Waals surface area contributed by atoms with Gasteiger partial charge in [0.2, 0.25) is 5.91 Å². The third kappa shape index (κ3) is 8.04. The molecule has 15 heteroatoms. The smallest absolute Gasteiger partial charge is 0.381 e. The molecule has 4 aliphatic heterocycles. The van der Waals surface area contributed by atoms with Gasteiger partial charge in [0.1, 0.15) is 0 Å². The van der Waals surface area contributed by atoms with Crippen LogP contribution < -0.4 is 0 Å². The number of alkyl halides is 6. The van der Waals surface area contributed by atoms with E-state index < -0.39 is 52.6 Å². The first kappa shape index (κ1) is 35.5. The molecule has 6 rings (SSSR count). The molecule has 4 atom stereocenters. The molecule has 7 nitrogen and oxygen atoms in total. The SMILES string of the molecule is O=C(C1CCOC1)N1CC[C@@H](N2CCN([C@@H]3CCN(C(=O)c4cc(C(F)(F)F)cc(C(F)(F)F)c4)[C@@H](Cc4ccc(F)c(F)c4)C3)CC2)C1. The van der Waals surface area contributed by atoms with Crippen LogP contribution in [-0.4, -0.2) is 109 Å². The van der Waals surface area contributed by atoms with E-state index in [-0.39, 0.29) is 42.9 Å². The number of amides is 2. The molecule has 4 saturated heterocycles. The number of carbonyl (C=O) groups is 2. The Morgan fingerprint density at radius 3 is 1.98 bits per heavy atom. The van der Waals surface area contributed by atoms with Gasteiger partial charge in [0.25, 0.3) is 5.91 Å². The molecule has 4 fully saturated rings. The van der Waals surface area contributed by atoms with E-state index in [0.717, 1.165) is 38.1 Å². The molecule has 0 bridgehead atoms. The molecule has 0 radical (unpaired) electrons. The predicted molar refractivity (Wildman–Crippen MR) is 161 cm³/mol. The van der Waals surface area contributed by atoms with Crippen LogP contribution >= 0.6 is 0 Å². The van der Waals surface area contributed by atoms with Crippen LogP contribution in [0.4, 0.5) is 35.1 Å². The lowest BCUT2D eigenvalue weighted by molar-refractivity contribution is -0.143. The van der Waals surface area contributed by atoms with Crippen molar-refractivity contribution in [3.8, 4) is 0 Å². The maximum atomic E-state index is 14.1. The van der Waals surface area contributed by atoms with Crippen molar-refractivity contribution in [2.24, 2.45) is 5.92 Å². The Bertz CT molecular complexity index is 1490. The number of piperidine rings is 1. The Morgan fingerprint density at radius 1 is 0.755 bits per heavy atom. The molecular formula is C34H38F8N4O3. The van der Waals surface area contributed by atoms with Gasteiger partial charge in [-0.1, -0.05) is 6.07 Å². The van der Waals surface area contributed by atoms with Gasteiger partial charge in [-0.3, -0.25) is 19.4 Å². The summed E-state index contributed by atoms with van der Waals surface area (Å²) in [6, 6.07) is 3.60. The fourth-order valence-electron chi connectivity index (χ4n) is 7.70. The molecule has 0 N–H and O–H groups in total. The van der Waals surface area contributed by atoms with Crippen LogP contribution in [0.25, 0.3) is 0 Å². The summed E-state index contributed by atoms with van der Waals surface area (Å²) in [6.45, 7) is 5.38. The largest absolute Gasteiger partial charge is 0.416 e. The molecule has 0 spiro atoms. The molecule has 1 unspecified atom stereocenters. The van der Waals surface area contributed by atoms with Crippen molar-refractivity contribution in [1.82, 2.24) is 19.6 Å². The predicted octanol–water partition coefficient (Wildman–Crippen LogP) is 5.47. The van der Waals surface area contributed by atoms with Crippen molar-refractivity contribution in [3.05, 3.63) is 70.3 Å². The normalized spacial score (nSPS) is 26.0. The highest BCUT2D eigenvalue weighted by Gasteiger charge is 2.41. The van der Waals surface area contributed by atoms with E-state index in [9.17, 15) is 44.7 Å². The number of benzene rings is 2. The quantitative estimate of drug-likeness (QED) is 0.374. The van der Waals surface area contributed by atoms with E-state index in [1.165, 1.54) is 11.0 Å². The molecule has 2 aromatic rings. The van der Waals surface area contributed by atoms with Crippen molar-refractivity contribution >= 4 is 11.8 Å². The van der Waals surface area contributed by atoms with Crippen LogP contribution in [0.2, 0.25) is 0 Å². The third-order valence-corrected chi connectivity index (χ3v) is 10.4. The molecule has 268 valence electrons. The van der Waals surface area contributed by atoms with Crippen LogP contribution in [0.15, 0.2) is 36.4 Å². The van der Waals surface area contributed by atoms with Gasteiger partial charge in [0.15, 0.2) is 11.6 Å². The van der Waals surface area contributed by atoms with Crippen molar-refractivity contribution < 1.29 is 49.4 Å². The van der Waals surface area contributed by atoms with E-state index in [1.54, 1.807) is 0 Å². The summed E-state index contributed by atoms with van der Waals surface area (Å²) < 4.78 is 115. The number of hydrogen-bond acceptors (Lipinski definition) is 5. The van der Waals surface area contributed by atoms with E-state index in [0.29, 0.717) is 69.9 Å². The highest BCUT2D eigenvalue weighted by Crippen LogP contribution is 2.37. The molecule has 49 heavy (non-hydrogen) atoms. The molecule has 2 amide bonds. The zero-order valence-corrected chi connectivity index (χ0v) is 26.7. The number of likely N-dealkylation sites (tertiary alicyclic amines) is 2. The third-order valence-electron chi connectivity index (χ3n) is 10.4. The number of halogens is 8. The maximum absolute atomic E-state index is 14.1. The van der Waals surface area contributed by atoms with Gasteiger partial charge in [0, 0.05) is 76.1 Å². The Labute approximate surface area is 278 Å². The van der Waals surface area contributed by atoms with Crippen molar-refractivity contribution in [1.29, 1.82) is 0 Å². The molecule has 4 aliphatic rings. The summed E-state index contributed by atoms with van der Waals surface area (Å²) in [7, 11) is 0. The van der Waals surface area contributed by atoms with Gasteiger partial charge in [0.05, 0.1) is 23.7 Å². The van der Waals surface area contributed by atoms with Gasteiger partial charge in [-0.2, -0.15) is 26.3 Å². The van der Waals surface area contributed by atoms with Crippen molar-refractivity contribution in [3.63, 3.8) is 0 Å². The second kappa shape index (κ2) is 14.1. The first-order valence-corrected chi connectivity index (χ1v) is 16.6. The minimum Gasteiger partial charge on any atom is -0.381 e. The lowest BCUT2D eigenvalue weighted by Gasteiger charge is -2.47. The van der Waals surface area contributed by atoms with Crippen LogP contribution in [0, 0.1) is 17.6 Å². The summed E-state index contributed by atoms with van der Waals surface area (Å²) >= 11 is 0. The standard InChI is InChI=1S/C34H38F8N4O3/c35-29-2-1-21(14-30(29)36)13-28-18-26(4-7-46(28)32(48)23-15-24(33(37,38)39)17-25(16-23)34(40,41)42)43-8-10-44(11-9-43)27-3-6-45(19-27)31(47)22-5-12-49-20-22/h1-2,14-17,22,26-28H,3-13,18-20H2/t22?,26-,27-,28+/m1/s1. The number of ether oxygens (including phenoxy) is 1. The summed E-state index contributed by atoms with van der Waals surface area (Å²) in [4.78, 5) is 34.4.